The Kier molecular flexibility index (Phi) is 10.5. The Labute approximate surface area is 244 Å². The van der Waals surface area contributed by atoms with E-state index in [4.69, 9.17) is 19.4 Å². The van der Waals surface area contributed by atoms with Crippen molar-refractivity contribution in [2.45, 2.75) is 69.2 Å². The molecule has 10 heteroatoms. The fourth-order valence-electron chi connectivity index (χ4n) is 6.74. The molecule has 0 amide bonds. The lowest BCUT2D eigenvalue weighted by Crippen LogP contribution is -2.65. The van der Waals surface area contributed by atoms with Gasteiger partial charge in [-0.05, 0) is 30.5 Å². The molecule has 3 aliphatic heterocycles. The minimum Gasteiger partial charge on any atom is -0.542 e. The van der Waals surface area contributed by atoms with E-state index in [1.807, 2.05) is 60.7 Å². The van der Waals surface area contributed by atoms with Crippen LogP contribution in [0.4, 0.5) is 13.2 Å². The number of alkyl halides is 3. The van der Waals surface area contributed by atoms with Crippen LogP contribution < -0.4 is 9.84 Å². The smallest absolute Gasteiger partial charge is 0.430 e. The zero-order chi connectivity index (χ0) is 30.2. The second kappa shape index (κ2) is 13.9. The van der Waals surface area contributed by atoms with Gasteiger partial charge in [-0.15, -0.1) is 0 Å². The zero-order valence-electron chi connectivity index (χ0n) is 23.8. The van der Waals surface area contributed by atoms with Crippen LogP contribution in [0.15, 0.2) is 60.7 Å². The Hall–Kier alpha value is -3.11. The number of piperidine rings is 3. The van der Waals surface area contributed by atoms with Gasteiger partial charge >= 0.3 is 12.1 Å². The van der Waals surface area contributed by atoms with Crippen LogP contribution in [0, 0.1) is 11.8 Å². The lowest BCUT2D eigenvalue weighted by Gasteiger charge is -2.52. The fourth-order valence-corrected chi connectivity index (χ4v) is 6.74. The molecule has 42 heavy (non-hydrogen) atoms. The first-order valence-corrected chi connectivity index (χ1v) is 14.8. The molecule has 0 spiro atoms. The number of halogens is 3. The fraction of sp³-hybridized carbons (Fsp3) is 0.562. The van der Waals surface area contributed by atoms with E-state index in [1.54, 1.807) is 0 Å². The van der Waals surface area contributed by atoms with Crippen LogP contribution in [0.3, 0.4) is 0 Å². The quantitative estimate of drug-likeness (QED) is 0.264. The number of para-hydroxylation sites is 1. The Morgan fingerprint density at radius 1 is 0.905 bits per heavy atom. The van der Waals surface area contributed by atoms with Crippen molar-refractivity contribution in [3.05, 3.63) is 66.2 Å². The molecular formula is C32H40F3NO6. The Morgan fingerprint density at radius 3 is 2.05 bits per heavy atom. The summed E-state index contributed by atoms with van der Waals surface area (Å²) in [6, 6.07) is 19.5. The van der Waals surface area contributed by atoms with Gasteiger partial charge < -0.3 is 29.0 Å². The number of quaternary nitrogens is 1. The molecule has 2 aromatic carbocycles. The Bertz CT molecular complexity index is 1150. The average molecular weight is 592 g/mol. The largest absolute Gasteiger partial charge is 0.542 e. The van der Waals surface area contributed by atoms with E-state index in [0.717, 1.165) is 81.4 Å². The summed E-state index contributed by atoms with van der Waals surface area (Å²) < 4.78 is 44.7. The summed E-state index contributed by atoms with van der Waals surface area (Å²) in [7, 11) is 0. The van der Waals surface area contributed by atoms with Crippen molar-refractivity contribution in [2.24, 2.45) is 11.8 Å². The predicted octanol–water partition coefficient (Wildman–Crippen LogP) is 4.37. The third kappa shape index (κ3) is 7.83. The van der Waals surface area contributed by atoms with E-state index < -0.39 is 23.7 Å². The third-order valence-electron chi connectivity index (χ3n) is 9.04. The number of esters is 1. The van der Waals surface area contributed by atoms with Crippen molar-refractivity contribution < 1.29 is 46.9 Å². The number of aliphatic hydroxyl groups is 1. The molecule has 7 nitrogen and oxygen atoms in total. The number of hydrogen-bond acceptors (Lipinski definition) is 6. The summed E-state index contributed by atoms with van der Waals surface area (Å²) in [5, 5.41) is 20.7. The van der Waals surface area contributed by atoms with Crippen molar-refractivity contribution in [3.8, 4) is 5.75 Å². The topological polar surface area (TPSA) is 95.9 Å². The van der Waals surface area contributed by atoms with E-state index in [-0.39, 0.29) is 12.0 Å². The predicted molar refractivity (Wildman–Crippen MR) is 147 cm³/mol. The number of carboxylic acids is 1. The summed E-state index contributed by atoms with van der Waals surface area (Å²) in [4.78, 5) is 22.5. The standard InChI is InChI=1S/C30H40NO4.C2HF3O2/c32-29(30(33,25-11-4-1-5-12-25)26-13-6-2-7-14-26)35-28-23-31(20-17-24(28)18-21-31)19-10-22-34-27-15-8-3-9-16-27;3-2(4,5)1(6)7/h1,3-5,8-9,11-12,15-16,24,26,28,33H,2,6-7,10,13-14,17-23H2;(H,6,7)/q+1;/p-1/t24?,28-,30+,31?;/m0./s1. The van der Waals surface area contributed by atoms with Crippen LogP contribution in [-0.2, 0) is 19.9 Å². The normalized spacial score (nSPS) is 25.4. The first-order chi connectivity index (χ1) is 20.0. The van der Waals surface area contributed by atoms with E-state index in [2.05, 4.69) is 0 Å². The molecule has 2 aromatic rings. The second-order valence-electron chi connectivity index (χ2n) is 11.7. The van der Waals surface area contributed by atoms with Gasteiger partial charge in [-0.3, -0.25) is 0 Å². The second-order valence-corrected chi connectivity index (χ2v) is 11.7. The van der Waals surface area contributed by atoms with Gasteiger partial charge in [0.05, 0.1) is 26.2 Å². The number of fused-ring (bicyclic) bond motifs is 3. The van der Waals surface area contributed by atoms with E-state index in [9.17, 15) is 23.1 Å². The van der Waals surface area contributed by atoms with Crippen LogP contribution in [0.25, 0.3) is 0 Å². The van der Waals surface area contributed by atoms with Gasteiger partial charge in [0.2, 0.25) is 0 Å². The molecule has 4 aliphatic rings. The molecular weight excluding hydrogens is 551 g/mol. The number of nitrogens with zero attached hydrogens (tertiary/aromatic N) is 1. The number of carbonyl (C=O) groups is 2. The van der Waals surface area contributed by atoms with E-state index in [0.29, 0.717) is 18.1 Å². The zero-order valence-corrected chi connectivity index (χ0v) is 23.8. The lowest BCUT2D eigenvalue weighted by molar-refractivity contribution is -0.946. The van der Waals surface area contributed by atoms with Gasteiger partial charge in [-0.2, -0.15) is 13.2 Å². The van der Waals surface area contributed by atoms with Gasteiger partial charge in [0.15, 0.2) is 11.7 Å². The highest BCUT2D eigenvalue weighted by atomic mass is 19.4. The molecule has 230 valence electrons. The van der Waals surface area contributed by atoms with Gasteiger partial charge in [0.25, 0.3) is 0 Å². The van der Waals surface area contributed by atoms with Gasteiger partial charge in [0, 0.05) is 31.1 Å². The van der Waals surface area contributed by atoms with Gasteiger partial charge in [-0.25, -0.2) is 4.79 Å². The Morgan fingerprint density at radius 2 is 1.48 bits per heavy atom. The summed E-state index contributed by atoms with van der Waals surface area (Å²) in [5.41, 5.74) is -0.873. The van der Waals surface area contributed by atoms with Gasteiger partial charge in [-0.1, -0.05) is 67.8 Å². The number of hydrogen-bond donors (Lipinski definition) is 1. The maximum Gasteiger partial charge on any atom is 0.430 e. The first kappa shape index (κ1) is 31.8. The van der Waals surface area contributed by atoms with Crippen LogP contribution in [0.2, 0.25) is 0 Å². The number of rotatable bonds is 9. The minimum absolute atomic E-state index is 0.0782. The number of ether oxygens (including phenoxy) is 2. The molecule has 3 heterocycles. The molecule has 3 saturated heterocycles. The molecule has 2 bridgehead atoms. The molecule has 0 unspecified atom stereocenters. The van der Waals surface area contributed by atoms with Crippen molar-refractivity contribution in [2.75, 3.05) is 32.8 Å². The SMILES string of the molecule is O=C(O[C@H]1C[N+]2(CCCOc3ccccc3)CCC1CC2)[C@@](O)(c1ccccc1)C1CCCCC1.O=C([O-])C(F)(F)F. The van der Waals surface area contributed by atoms with E-state index in [1.165, 1.54) is 6.42 Å². The number of benzene rings is 2. The maximum atomic E-state index is 13.7. The number of carboxylic acid groups (broad SMARTS) is 1. The Balaban J connectivity index is 0.000000517. The number of carbonyl (C=O) groups excluding carboxylic acids is 2. The molecule has 4 fully saturated rings. The highest BCUT2D eigenvalue weighted by Crippen LogP contribution is 2.42. The average Bonchev–Trinajstić information content (AvgIpc) is 3.01. The minimum atomic E-state index is -5.19. The molecule has 2 atom stereocenters. The molecule has 0 aromatic heterocycles. The van der Waals surface area contributed by atoms with E-state index >= 15 is 0 Å². The number of aliphatic carboxylic acids is 1. The van der Waals surface area contributed by atoms with Crippen LogP contribution >= 0.6 is 0 Å². The van der Waals surface area contributed by atoms with Crippen molar-refractivity contribution in [1.82, 2.24) is 0 Å². The molecule has 0 radical (unpaired) electrons. The van der Waals surface area contributed by atoms with Crippen LogP contribution in [-0.4, -0.2) is 66.6 Å². The molecule has 6 rings (SSSR count). The third-order valence-corrected chi connectivity index (χ3v) is 9.04. The van der Waals surface area contributed by atoms with Crippen LogP contribution in [0.5, 0.6) is 5.75 Å². The van der Waals surface area contributed by atoms with Crippen LogP contribution in [0.1, 0.15) is 56.9 Å². The van der Waals surface area contributed by atoms with Gasteiger partial charge in [0.1, 0.15) is 18.3 Å². The summed E-state index contributed by atoms with van der Waals surface area (Å²) >= 11 is 0. The summed E-state index contributed by atoms with van der Waals surface area (Å²) in [5.74, 6) is -2.19. The summed E-state index contributed by atoms with van der Waals surface area (Å²) in [6.45, 7) is 4.90. The molecule has 1 saturated carbocycles. The highest BCUT2D eigenvalue weighted by molar-refractivity contribution is 5.81. The molecule has 1 N–H and O–H groups in total. The highest BCUT2D eigenvalue weighted by Gasteiger charge is 2.52. The van der Waals surface area contributed by atoms with Crippen molar-refractivity contribution >= 4 is 11.9 Å². The maximum absolute atomic E-state index is 13.7. The van der Waals surface area contributed by atoms with Crippen molar-refractivity contribution in [3.63, 3.8) is 0 Å². The first-order valence-electron chi connectivity index (χ1n) is 14.8. The molecule has 1 aliphatic carbocycles. The monoisotopic (exact) mass is 591 g/mol. The lowest BCUT2D eigenvalue weighted by atomic mass is 9.73. The van der Waals surface area contributed by atoms with Crippen molar-refractivity contribution in [1.29, 1.82) is 0 Å². The summed E-state index contributed by atoms with van der Waals surface area (Å²) in [6.07, 6.45) is 2.89.